The highest BCUT2D eigenvalue weighted by Crippen LogP contribution is 2.30. The van der Waals surface area contributed by atoms with Crippen LogP contribution in [0.2, 0.25) is 5.02 Å². The van der Waals surface area contributed by atoms with E-state index >= 15 is 4.39 Å². The summed E-state index contributed by atoms with van der Waals surface area (Å²) in [6.45, 7) is 4.64. The number of nitrogens with zero attached hydrogens (tertiary/aromatic N) is 4. The number of aromatic nitrogens is 3. The number of hydrogen-bond acceptors (Lipinski definition) is 9. The average molecular weight is 646 g/mol. The minimum Gasteiger partial charge on any atom is -0.474 e. The van der Waals surface area contributed by atoms with E-state index in [2.05, 4.69) is 25.6 Å². The molecule has 236 valence electrons. The van der Waals surface area contributed by atoms with E-state index in [1.807, 2.05) is 13.8 Å². The van der Waals surface area contributed by atoms with Gasteiger partial charge < -0.3 is 21.1 Å². The van der Waals surface area contributed by atoms with E-state index in [1.165, 1.54) is 18.6 Å². The van der Waals surface area contributed by atoms with Crippen molar-refractivity contribution in [1.29, 1.82) is 0 Å². The van der Waals surface area contributed by atoms with Crippen molar-refractivity contribution in [2.75, 3.05) is 24.2 Å². The maximum absolute atomic E-state index is 15.1. The first-order valence-electron chi connectivity index (χ1n) is 14.7. The molecule has 0 aliphatic carbocycles. The number of benzene rings is 1. The Balaban J connectivity index is 1.36. The van der Waals surface area contributed by atoms with Gasteiger partial charge in [0.25, 0.3) is 0 Å². The Labute approximate surface area is 261 Å². The van der Waals surface area contributed by atoms with E-state index in [9.17, 15) is 13.2 Å². The Morgan fingerprint density at radius 1 is 1.20 bits per heavy atom. The number of nitrogens with one attached hydrogen (secondary N) is 2. The number of anilines is 1. The van der Waals surface area contributed by atoms with Crippen molar-refractivity contribution in [2.45, 2.75) is 69.7 Å². The number of ether oxygens (including phenoxy) is 1. The molecule has 2 aliphatic heterocycles. The molecule has 2 fully saturated rings. The summed E-state index contributed by atoms with van der Waals surface area (Å²) in [5.41, 5.74) is 8.09. The number of piperazine rings is 1. The molecule has 0 spiro atoms. The molecule has 2 saturated heterocycles. The fourth-order valence-corrected chi connectivity index (χ4v) is 7.70. The van der Waals surface area contributed by atoms with Crippen LogP contribution in [0.3, 0.4) is 0 Å². The van der Waals surface area contributed by atoms with Gasteiger partial charge in [0, 0.05) is 35.8 Å². The first-order chi connectivity index (χ1) is 21.0. The first kappa shape index (κ1) is 32.2. The van der Waals surface area contributed by atoms with Crippen LogP contribution in [-0.2, 0) is 21.2 Å². The number of fused-ring (bicyclic) bond motifs is 2. The molecule has 2 aliphatic rings. The summed E-state index contributed by atoms with van der Waals surface area (Å²) in [6.07, 6.45) is 7.31. The Kier molecular flexibility index (Phi) is 10.1. The van der Waals surface area contributed by atoms with Gasteiger partial charge in [-0.15, -0.1) is 0 Å². The summed E-state index contributed by atoms with van der Waals surface area (Å²) >= 11 is 6.11. The lowest BCUT2D eigenvalue weighted by molar-refractivity contribution is -0.117. The van der Waals surface area contributed by atoms with Crippen molar-refractivity contribution >= 4 is 33.2 Å². The first-order valence-corrected chi connectivity index (χ1v) is 16.7. The smallest absolute Gasteiger partial charge is 0.242 e. The molecule has 1 aromatic carbocycles. The van der Waals surface area contributed by atoms with Gasteiger partial charge in [0.1, 0.15) is 5.82 Å². The molecule has 44 heavy (non-hydrogen) atoms. The molecule has 0 saturated carbocycles. The molecule has 5 atom stereocenters. The monoisotopic (exact) mass is 645 g/mol. The number of rotatable bonds is 10. The van der Waals surface area contributed by atoms with E-state index in [1.54, 1.807) is 28.6 Å². The minimum absolute atomic E-state index is 0.0932. The van der Waals surface area contributed by atoms with Crippen LogP contribution in [0.4, 0.5) is 10.1 Å². The third-order valence-electron chi connectivity index (χ3n) is 7.97. The second-order valence-electron chi connectivity index (χ2n) is 11.5. The van der Waals surface area contributed by atoms with Crippen LogP contribution < -0.4 is 21.1 Å². The quantitative estimate of drug-likeness (QED) is 0.302. The predicted octanol–water partition coefficient (Wildman–Crippen LogP) is 3.25. The molecule has 4 N–H and O–H groups in total. The zero-order valence-electron chi connectivity index (χ0n) is 24.6. The van der Waals surface area contributed by atoms with Crippen LogP contribution in [0.1, 0.15) is 55.8 Å². The van der Waals surface area contributed by atoms with Crippen LogP contribution in [-0.4, -0.2) is 76.7 Å². The molecule has 11 nitrogen and oxygen atoms in total. The minimum atomic E-state index is -3.40. The molecular formula is C30H37ClFN7O4S. The summed E-state index contributed by atoms with van der Waals surface area (Å²) in [4.78, 5) is 26.4. The summed E-state index contributed by atoms with van der Waals surface area (Å²) in [5, 5.41) is 6.71. The van der Waals surface area contributed by atoms with Crippen molar-refractivity contribution in [3.05, 3.63) is 76.7 Å². The van der Waals surface area contributed by atoms with Gasteiger partial charge in [-0.25, -0.2) is 17.8 Å². The summed E-state index contributed by atoms with van der Waals surface area (Å²) in [7, 11) is -3.40. The molecular weight excluding hydrogens is 609 g/mol. The van der Waals surface area contributed by atoms with Gasteiger partial charge in [-0.2, -0.15) is 4.31 Å². The second kappa shape index (κ2) is 13.8. The normalized spacial score (nSPS) is 22.5. The highest BCUT2D eigenvalue weighted by molar-refractivity contribution is 7.89. The molecule has 2 bridgehead atoms. The molecule has 5 unspecified atom stereocenters. The van der Waals surface area contributed by atoms with Crippen molar-refractivity contribution in [3.8, 4) is 5.88 Å². The Morgan fingerprint density at radius 2 is 1.98 bits per heavy atom. The maximum Gasteiger partial charge on any atom is 0.242 e. The second-order valence-corrected chi connectivity index (χ2v) is 13.9. The zero-order chi connectivity index (χ0) is 31.4. The van der Waals surface area contributed by atoms with Gasteiger partial charge in [-0.05, 0) is 57.2 Å². The topological polar surface area (TPSA) is 152 Å². The largest absolute Gasteiger partial charge is 0.474 e. The third-order valence-corrected chi connectivity index (χ3v) is 10.2. The van der Waals surface area contributed by atoms with Crippen molar-refractivity contribution in [2.24, 2.45) is 5.73 Å². The van der Waals surface area contributed by atoms with E-state index in [4.69, 9.17) is 22.1 Å². The van der Waals surface area contributed by atoms with E-state index in [0.717, 1.165) is 12.6 Å². The number of hydrogen-bond donors (Lipinski definition) is 3. The lowest BCUT2D eigenvalue weighted by Crippen LogP contribution is -2.57. The average Bonchev–Trinajstić information content (AvgIpc) is 3.10. The van der Waals surface area contributed by atoms with E-state index in [0.29, 0.717) is 48.1 Å². The molecule has 5 rings (SSSR count). The zero-order valence-corrected chi connectivity index (χ0v) is 26.2. The van der Waals surface area contributed by atoms with Crippen LogP contribution >= 0.6 is 11.6 Å². The number of amides is 1. The number of halogens is 2. The third kappa shape index (κ3) is 7.52. The molecule has 14 heteroatoms. The summed E-state index contributed by atoms with van der Waals surface area (Å²) in [5.74, 6) is -1.45. The molecule has 4 heterocycles. The lowest BCUT2D eigenvalue weighted by Gasteiger charge is -2.37. The van der Waals surface area contributed by atoms with Crippen LogP contribution in [0.25, 0.3) is 0 Å². The Bertz CT molecular complexity index is 1560. The number of sulfonamides is 1. The predicted molar refractivity (Wildman–Crippen MR) is 166 cm³/mol. The van der Waals surface area contributed by atoms with Gasteiger partial charge in [0.2, 0.25) is 21.8 Å². The van der Waals surface area contributed by atoms with Crippen molar-refractivity contribution < 1.29 is 22.3 Å². The van der Waals surface area contributed by atoms with Gasteiger partial charge in [-0.3, -0.25) is 14.8 Å². The summed E-state index contributed by atoms with van der Waals surface area (Å²) < 4.78 is 48.1. The number of carbonyl (C=O) groups excluding carboxylic acids is 1. The number of pyridine rings is 1. The highest BCUT2D eigenvalue weighted by Gasteiger charge is 2.38. The van der Waals surface area contributed by atoms with Gasteiger partial charge in [0.15, 0.2) is 0 Å². The summed E-state index contributed by atoms with van der Waals surface area (Å²) in [6, 6.07) is 5.54. The van der Waals surface area contributed by atoms with E-state index in [-0.39, 0.29) is 41.6 Å². The van der Waals surface area contributed by atoms with Gasteiger partial charge >= 0.3 is 0 Å². The Morgan fingerprint density at radius 3 is 2.68 bits per heavy atom. The highest BCUT2D eigenvalue weighted by atomic mass is 35.5. The molecule has 3 aromatic rings. The van der Waals surface area contributed by atoms with E-state index < -0.39 is 33.7 Å². The lowest BCUT2D eigenvalue weighted by atomic mass is 9.88. The number of nitrogens with two attached hydrogens (primary N) is 1. The standard InChI is InChI=1S/C30H37ClFN7O4S/c1-18(2)43-27-16-36-26(15-37-27)28(19-5-7-20(31)8-6-19)29(33)30(40)38-25-14-34-13-24(32)23(25)10-9-22-12-35-21-4-3-11-44(41,42)39(22)17-21/h5-8,13-16,18,21-22,28-29,35H,3-4,9-12,17,33H2,1-2H3,(H,38,40). The SMILES string of the molecule is CC(C)Oc1cnc(C(c2ccc(Cl)cc2)C(N)C(=O)Nc2cncc(F)c2CCC2CNC3CCCS(=O)(=O)N2C3)cn1. The molecule has 2 aromatic heterocycles. The van der Waals surface area contributed by atoms with Gasteiger partial charge in [0.05, 0.1) is 60.0 Å². The molecule has 1 amide bonds. The van der Waals surface area contributed by atoms with Gasteiger partial charge in [-0.1, -0.05) is 23.7 Å². The Hall–Kier alpha value is -3.23. The van der Waals surface area contributed by atoms with Crippen LogP contribution in [0.5, 0.6) is 5.88 Å². The van der Waals surface area contributed by atoms with Crippen LogP contribution in [0, 0.1) is 5.82 Å². The maximum atomic E-state index is 15.1. The van der Waals surface area contributed by atoms with Crippen molar-refractivity contribution in [1.82, 2.24) is 24.6 Å². The fourth-order valence-electron chi connectivity index (χ4n) is 5.77. The molecule has 0 radical (unpaired) electrons. The van der Waals surface area contributed by atoms with Crippen LogP contribution in [0.15, 0.2) is 49.1 Å². The van der Waals surface area contributed by atoms with Crippen molar-refractivity contribution in [3.63, 3.8) is 0 Å². The fraction of sp³-hybridized carbons (Fsp3) is 0.467. The number of carbonyl (C=O) groups is 1.